The fourth-order valence-corrected chi connectivity index (χ4v) is 1.45. The molecule has 0 aromatic carbocycles. The molecule has 0 saturated carbocycles. The summed E-state index contributed by atoms with van der Waals surface area (Å²) in [5.74, 6) is 0. The van der Waals surface area contributed by atoms with Crippen molar-refractivity contribution >= 4 is 0 Å². The summed E-state index contributed by atoms with van der Waals surface area (Å²) in [5.41, 5.74) is 0.809. The van der Waals surface area contributed by atoms with Gasteiger partial charge >= 0.3 is 0 Å². The summed E-state index contributed by atoms with van der Waals surface area (Å²) in [6, 6.07) is 1.95. The van der Waals surface area contributed by atoms with E-state index in [2.05, 4.69) is 22.4 Å². The number of morpholine rings is 1. The predicted octanol–water partition coefficient (Wildman–Crippen LogP) is 0.245. The van der Waals surface area contributed by atoms with Gasteiger partial charge in [0, 0.05) is 19.3 Å². The second-order valence-corrected chi connectivity index (χ2v) is 3.23. The molecule has 1 aliphatic heterocycles. The average molecular weight is 167 g/mol. The molecule has 2 rings (SSSR count). The Morgan fingerprint density at radius 2 is 2.58 bits per heavy atom. The Morgan fingerprint density at radius 3 is 3.17 bits per heavy atom. The lowest BCUT2D eigenvalue weighted by atomic mass is 10.0. The van der Waals surface area contributed by atoms with Gasteiger partial charge in [-0.3, -0.25) is 5.10 Å². The molecular weight excluding hydrogens is 154 g/mol. The standard InChI is InChI=1S/C8H13N3O/c1-8(6-9-4-5-12-8)7-2-3-10-11-7/h2-3,9H,4-6H2,1H3,(H,10,11). The van der Waals surface area contributed by atoms with E-state index in [9.17, 15) is 0 Å². The molecule has 1 fully saturated rings. The Labute approximate surface area is 71.3 Å². The normalized spacial score (nSPS) is 30.4. The number of nitrogens with one attached hydrogen (secondary N) is 2. The van der Waals surface area contributed by atoms with E-state index < -0.39 is 0 Å². The van der Waals surface area contributed by atoms with Crippen LogP contribution in [0.25, 0.3) is 0 Å². The van der Waals surface area contributed by atoms with E-state index in [1.54, 1.807) is 6.20 Å². The van der Waals surface area contributed by atoms with Gasteiger partial charge in [-0.25, -0.2) is 0 Å². The van der Waals surface area contributed by atoms with E-state index in [0.717, 1.165) is 25.4 Å². The Hall–Kier alpha value is -0.870. The van der Waals surface area contributed by atoms with Crippen molar-refractivity contribution in [1.82, 2.24) is 15.5 Å². The minimum Gasteiger partial charge on any atom is -0.366 e. The number of hydrogen-bond donors (Lipinski definition) is 2. The smallest absolute Gasteiger partial charge is 0.119 e. The van der Waals surface area contributed by atoms with E-state index in [4.69, 9.17) is 4.74 Å². The van der Waals surface area contributed by atoms with E-state index in [-0.39, 0.29) is 5.60 Å². The van der Waals surface area contributed by atoms with Crippen molar-refractivity contribution in [1.29, 1.82) is 0 Å². The van der Waals surface area contributed by atoms with Crippen molar-refractivity contribution < 1.29 is 4.74 Å². The molecule has 1 saturated heterocycles. The summed E-state index contributed by atoms with van der Waals surface area (Å²) in [5, 5.41) is 10.1. The zero-order chi connectivity index (χ0) is 8.44. The molecule has 1 aliphatic rings. The van der Waals surface area contributed by atoms with Crippen molar-refractivity contribution in [2.75, 3.05) is 19.7 Å². The Balaban J connectivity index is 2.19. The van der Waals surface area contributed by atoms with E-state index in [1.807, 2.05) is 6.07 Å². The first-order valence-corrected chi connectivity index (χ1v) is 4.16. The molecule has 2 heterocycles. The van der Waals surface area contributed by atoms with Crippen molar-refractivity contribution in [2.24, 2.45) is 0 Å². The number of rotatable bonds is 1. The Morgan fingerprint density at radius 1 is 1.67 bits per heavy atom. The van der Waals surface area contributed by atoms with Gasteiger partial charge < -0.3 is 10.1 Å². The van der Waals surface area contributed by atoms with Crippen LogP contribution in [0.2, 0.25) is 0 Å². The Bertz CT molecular complexity index is 239. The molecule has 0 spiro atoms. The van der Waals surface area contributed by atoms with Crippen LogP contribution in [0.4, 0.5) is 0 Å². The van der Waals surface area contributed by atoms with Crippen LogP contribution in [-0.2, 0) is 10.3 Å². The molecule has 66 valence electrons. The van der Waals surface area contributed by atoms with Gasteiger partial charge in [-0.2, -0.15) is 5.10 Å². The first kappa shape index (κ1) is 7.76. The summed E-state index contributed by atoms with van der Waals surface area (Å²) in [6.45, 7) is 4.60. The Kier molecular flexibility index (Phi) is 1.86. The molecule has 4 heteroatoms. The molecule has 1 atom stereocenters. The van der Waals surface area contributed by atoms with Crippen molar-refractivity contribution in [2.45, 2.75) is 12.5 Å². The van der Waals surface area contributed by atoms with E-state index in [0.29, 0.717) is 0 Å². The molecule has 0 aliphatic carbocycles. The second-order valence-electron chi connectivity index (χ2n) is 3.23. The van der Waals surface area contributed by atoms with Crippen LogP contribution < -0.4 is 5.32 Å². The van der Waals surface area contributed by atoms with Gasteiger partial charge in [0.25, 0.3) is 0 Å². The SMILES string of the molecule is CC1(c2ccn[nH]2)CNCCO1. The van der Waals surface area contributed by atoms with Gasteiger partial charge in [0.05, 0.1) is 12.3 Å². The van der Waals surface area contributed by atoms with E-state index in [1.165, 1.54) is 0 Å². The molecular formula is C8H13N3O. The molecule has 0 amide bonds. The maximum absolute atomic E-state index is 5.68. The first-order valence-electron chi connectivity index (χ1n) is 4.16. The molecule has 1 unspecified atom stereocenters. The molecule has 1 aromatic heterocycles. The first-order chi connectivity index (χ1) is 5.81. The van der Waals surface area contributed by atoms with Gasteiger partial charge in [-0.1, -0.05) is 0 Å². The van der Waals surface area contributed by atoms with Gasteiger partial charge in [0.1, 0.15) is 5.60 Å². The number of ether oxygens (including phenoxy) is 1. The number of aromatic nitrogens is 2. The summed E-state index contributed by atoms with van der Waals surface area (Å²) in [6.07, 6.45) is 1.75. The quantitative estimate of drug-likeness (QED) is 0.630. The highest BCUT2D eigenvalue weighted by atomic mass is 16.5. The number of hydrogen-bond acceptors (Lipinski definition) is 3. The van der Waals surface area contributed by atoms with Crippen molar-refractivity contribution in [3.8, 4) is 0 Å². The number of nitrogens with zero attached hydrogens (tertiary/aromatic N) is 1. The zero-order valence-electron chi connectivity index (χ0n) is 7.13. The third-order valence-electron chi connectivity index (χ3n) is 2.23. The molecule has 1 aromatic rings. The van der Waals surface area contributed by atoms with Crippen molar-refractivity contribution in [3.63, 3.8) is 0 Å². The predicted molar refractivity (Wildman–Crippen MR) is 44.8 cm³/mol. The topological polar surface area (TPSA) is 49.9 Å². The van der Waals surface area contributed by atoms with Crippen LogP contribution in [0.1, 0.15) is 12.6 Å². The average Bonchev–Trinajstić information content (AvgIpc) is 2.58. The summed E-state index contributed by atoms with van der Waals surface area (Å²) < 4.78 is 5.68. The van der Waals surface area contributed by atoms with Gasteiger partial charge in [0.2, 0.25) is 0 Å². The van der Waals surface area contributed by atoms with Crippen molar-refractivity contribution in [3.05, 3.63) is 18.0 Å². The van der Waals surface area contributed by atoms with Crippen LogP contribution in [0.3, 0.4) is 0 Å². The van der Waals surface area contributed by atoms with Crippen LogP contribution in [0.15, 0.2) is 12.3 Å². The largest absolute Gasteiger partial charge is 0.366 e. The molecule has 2 N–H and O–H groups in total. The molecule has 12 heavy (non-hydrogen) atoms. The lowest BCUT2D eigenvalue weighted by Gasteiger charge is -2.33. The number of H-pyrrole nitrogens is 1. The summed E-state index contributed by atoms with van der Waals surface area (Å²) >= 11 is 0. The van der Waals surface area contributed by atoms with Gasteiger partial charge in [-0.05, 0) is 13.0 Å². The minimum atomic E-state index is -0.227. The minimum absolute atomic E-state index is 0.227. The van der Waals surface area contributed by atoms with Crippen LogP contribution in [-0.4, -0.2) is 29.9 Å². The highest BCUT2D eigenvalue weighted by molar-refractivity contribution is 5.10. The van der Waals surface area contributed by atoms with Gasteiger partial charge in [0.15, 0.2) is 0 Å². The third kappa shape index (κ3) is 1.23. The van der Waals surface area contributed by atoms with Crippen LogP contribution in [0, 0.1) is 0 Å². The highest BCUT2D eigenvalue weighted by Crippen LogP contribution is 2.23. The maximum atomic E-state index is 5.68. The van der Waals surface area contributed by atoms with Crippen LogP contribution in [0.5, 0.6) is 0 Å². The number of aromatic amines is 1. The summed E-state index contributed by atoms with van der Waals surface area (Å²) in [4.78, 5) is 0. The highest BCUT2D eigenvalue weighted by Gasteiger charge is 2.30. The van der Waals surface area contributed by atoms with Crippen LogP contribution >= 0.6 is 0 Å². The lowest BCUT2D eigenvalue weighted by Crippen LogP contribution is -2.45. The fraction of sp³-hybridized carbons (Fsp3) is 0.625. The fourth-order valence-electron chi connectivity index (χ4n) is 1.45. The monoisotopic (exact) mass is 167 g/mol. The van der Waals surface area contributed by atoms with Gasteiger partial charge in [-0.15, -0.1) is 0 Å². The lowest BCUT2D eigenvalue weighted by molar-refractivity contribution is -0.0601. The molecule has 0 bridgehead atoms. The second kappa shape index (κ2) is 2.88. The molecule has 4 nitrogen and oxygen atoms in total. The maximum Gasteiger partial charge on any atom is 0.119 e. The van der Waals surface area contributed by atoms with E-state index >= 15 is 0 Å². The molecule has 0 radical (unpaired) electrons. The third-order valence-corrected chi connectivity index (χ3v) is 2.23. The summed E-state index contributed by atoms with van der Waals surface area (Å²) in [7, 11) is 0. The zero-order valence-corrected chi connectivity index (χ0v) is 7.13.